The number of benzene rings is 1. The van der Waals surface area contributed by atoms with Crippen molar-refractivity contribution in [2.24, 2.45) is 0 Å². The quantitative estimate of drug-likeness (QED) is 0.611. The fraction of sp³-hybridized carbons (Fsp3) is 0.286. The van der Waals surface area contributed by atoms with Crippen molar-refractivity contribution in [3.8, 4) is 0 Å². The molecule has 0 amide bonds. The number of nitrogens with zero attached hydrogens (tertiary/aromatic N) is 2. The lowest BCUT2D eigenvalue weighted by Gasteiger charge is -2.18. The molecular weight excluding hydrogens is 324 g/mol. The Hall–Kier alpha value is -1.54. The average Bonchev–Trinajstić information content (AvgIpc) is 2.51. The molecule has 2 aromatic rings. The van der Waals surface area contributed by atoms with Crippen LogP contribution in [0.4, 0.5) is 11.8 Å². The summed E-state index contributed by atoms with van der Waals surface area (Å²) in [5.74, 6) is 0.670. The maximum atomic E-state index is 9.33. The summed E-state index contributed by atoms with van der Waals surface area (Å²) in [5.41, 5.74) is 5.63. The number of rotatable bonds is 7. The highest BCUT2D eigenvalue weighted by Gasteiger charge is 2.13. The fourth-order valence-electron chi connectivity index (χ4n) is 1.75. The number of aliphatic hydroxyl groups excluding tert-OH is 2. The molecule has 5 N–H and O–H groups in total. The van der Waals surface area contributed by atoms with E-state index in [1.807, 2.05) is 12.1 Å². The highest BCUT2D eigenvalue weighted by molar-refractivity contribution is 7.99. The lowest BCUT2D eigenvalue weighted by molar-refractivity contribution is 0.228. The number of nitrogens with two attached hydrogens (primary N) is 1. The number of anilines is 2. The maximum Gasteiger partial charge on any atom is 0.221 e. The van der Waals surface area contributed by atoms with Gasteiger partial charge in [0.25, 0.3) is 0 Å². The number of nitrogens with one attached hydrogen (secondary N) is 1. The van der Waals surface area contributed by atoms with Crippen LogP contribution in [0.15, 0.2) is 40.3 Å². The Balaban J connectivity index is 2.21. The van der Waals surface area contributed by atoms with Gasteiger partial charge in [0.15, 0.2) is 0 Å². The molecule has 1 aromatic carbocycles. The summed E-state index contributed by atoms with van der Waals surface area (Å²) >= 11 is 7.33. The molecule has 6 nitrogen and oxygen atoms in total. The third-order valence-corrected chi connectivity index (χ3v) is 4.13. The van der Waals surface area contributed by atoms with Crippen LogP contribution < -0.4 is 11.1 Å². The zero-order chi connectivity index (χ0) is 15.9. The Morgan fingerprint density at radius 2 is 2.00 bits per heavy atom. The van der Waals surface area contributed by atoms with Crippen molar-refractivity contribution in [2.75, 3.05) is 24.3 Å². The van der Waals surface area contributed by atoms with Crippen molar-refractivity contribution < 1.29 is 10.2 Å². The maximum absolute atomic E-state index is 9.33. The van der Waals surface area contributed by atoms with Crippen molar-refractivity contribution in [3.63, 3.8) is 0 Å². The Kier molecular flexibility index (Phi) is 6.26. The monoisotopic (exact) mass is 340 g/mol. The molecule has 1 heterocycles. The molecule has 22 heavy (non-hydrogen) atoms. The number of aromatic nitrogens is 2. The molecule has 118 valence electrons. The molecule has 1 unspecified atom stereocenters. The third kappa shape index (κ3) is 4.74. The number of halogens is 1. The third-order valence-electron chi connectivity index (χ3n) is 2.85. The molecule has 0 saturated heterocycles. The van der Waals surface area contributed by atoms with Crippen molar-refractivity contribution in [1.82, 2.24) is 9.97 Å². The first-order valence-electron chi connectivity index (χ1n) is 6.66. The second-order valence-corrected chi connectivity index (χ2v) is 6.08. The second kappa shape index (κ2) is 8.19. The van der Waals surface area contributed by atoms with Gasteiger partial charge in [-0.3, -0.25) is 0 Å². The number of nitrogen functional groups attached to an aromatic ring is 1. The van der Waals surface area contributed by atoms with Crippen molar-refractivity contribution in [3.05, 3.63) is 35.5 Å². The molecule has 0 aliphatic heterocycles. The molecule has 0 aliphatic rings. The zero-order valence-corrected chi connectivity index (χ0v) is 13.3. The van der Waals surface area contributed by atoms with Gasteiger partial charge in [0, 0.05) is 22.7 Å². The largest absolute Gasteiger partial charge is 0.396 e. The number of hydrogen-bond donors (Lipinski definition) is 4. The lowest BCUT2D eigenvalue weighted by Crippen LogP contribution is -2.26. The van der Waals surface area contributed by atoms with E-state index >= 15 is 0 Å². The molecule has 2 rings (SSSR count). The Labute approximate surface area is 137 Å². The van der Waals surface area contributed by atoms with Crippen LogP contribution in [0.1, 0.15) is 6.42 Å². The first-order valence-corrected chi connectivity index (χ1v) is 7.86. The SMILES string of the molecule is Nc1ncc(Sc2ccc(Cl)cc2)c(NC(CO)CCO)n1. The molecule has 0 fully saturated rings. The van der Waals surface area contributed by atoms with Gasteiger partial charge < -0.3 is 21.3 Å². The highest BCUT2D eigenvalue weighted by Crippen LogP contribution is 2.33. The van der Waals surface area contributed by atoms with Crippen molar-refractivity contribution in [2.45, 2.75) is 22.3 Å². The van der Waals surface area contributed by atoms with Crippen LogP contribution in [-0.2, 0) is 0 Å². The minimum absolute atomic E-state index is 0.0293. The van der Waals surface area contributed by atoms with E-state index in [2.05, 4.69) is 15.3 Å². The summed E-state index contributed by atoms with van der Waals surface area (Å²) in [6, 6.07) is 7.09. The van der Waals surface area contributed by atoms with Crippen LogP contribution in [0.3, 0.4) is 0 Å². The molecule has 0 aliphatic carbocycles. The van der Waals surface area contributed by atoms with Crippen molar-refractivity contribution >= 4 is 35.1 Å². The highest BCUT2D eigenvalue weighted by atomic mass is 35.5. The molecule has 0 bridgehead atoms. The number of hydrogen-bond acceptors (Lipinski definition) is 7. The molecule has 8 heteroatoms. The summed E-state index contributed by atoms with van der Waals surface area (Å²) in [6.07, 6.45) is 2.03. The molecule has 1 atom stereocenters. The Morgan fingerprint density at radius 1 is 1.27 bits per heavy atom. The van der Waals surface area contributed by atoms with E-state index in [-0.39, 0.29) is 25.2 Å². The van der Waals surface area contributed by atoms with Crippen LogP contribution in [0.5, 0.6) is 0 Å². The van der Waals surface area contributed by atoms with Crippen LogP contribution in [0, 0.1) is 0 Å². The smallest absolute Gasteiger partial charge is 0.221 e. The molecule has 0 saturated carbocycles. The van der Waals surface area contributed by atoms with E-state index < -0.39 is 0 Å². The van der Waals surface area contributed by atoms with Crippen LogP contribution >= 0.6 is 23.4 Å². The van der Waals surface area contributed by atoms with Gasteiger partial charge in [0.2, 0.25) is 5.95 Å². The predicted molar refractivity (Wildman–Crippen MR) is 88.2 cm³/mol. The minimum atomic E-state index is -0.302. The standard InChI is InChI=1S/C14H17ClN4O2S/c15-9-1-3-11(4-2-9)22-12-7-17-14(16)19-13(12)18-10(8-21)5-6-20/h1-4,7,10,20-21H,5-6,8H2,(H3,16,17,18,19). The van der Waals surface area contributed by atoms with Gasteiger partial charge >= 0.3 is 0 Å². The number of aliphatic hydroxyl groups is 2. The topological polar surface area (TPSA) is 104 Å². The Bertz CT molecular complexity index is 612. The first kappa shape index (κ1) is 16.8. The normalized spacial score (nSPS) is 12.1. The van der Waals surface area contributed by atoms with Crippen LogP contribution in [0.2, 0.25) is 5.02 Å². The van der Waals surface area contributed by atoms with Gasteiger partial charge in [0.05, 0.1) is 17.5 Å². The van der Waals surface area contributed by atoms with E-state index in [4.69, 9.17) is 22.4 Å². The molecule has 0 spiro atoms. The van der Waals surface area contributed by atoms with E-state index in [0.717, 1.165) is 9.79 Å². The zero-order valence-electron chi connectivity index (χ0n) is 11.7. The van der Waals surface area contributed by atoms with Gasteiger partial charge in [-0.05, 0) is 30.7 Å². The van der Waals surface area contributed by atoms with E-state index in [0.29, 0.717) is 17.3 Å². The van der Waals surface area contributed by atoms with E-state index in [9.17, 15) is 5.11 Å². The summed E-state index contributed by atoms with van der Waals surface area (Å²) in [5, 5.41) is 22.1. The van der Waals surface area contributed by atoms with Gasteiger partial charge in [0.1, 0.15) is 5.82 Å². The summed E-state index contributed by atoms with van der Waals surface area (Å²) < 4.78 is 0. The Morgan fingerprint density at radius 3 is 2.64 bits per heavy atom. The minimum Gasteiger partial charge on any atom is -0.396 e. The van der Waals surface area contributed by atoms with Crippen LogP contribution in [0.25, 0.3) is 0 Å². The van der Waals surface area contributed by atoms with Crippen molar-refractivity contribution in [1.29, 1.82) is 0 Å². The molecule has 0 radical (unpaired) electrons. The van der Waals surface area contributed by atoms with Gasteiger partial charge in [-0.2, -0.15) is 4.98 Å². The second-order valence-electron chi connectivity index (χ2n) is 4.53. The van der Waals surface area contributed by atoms with Gasteiger partial charge in [-0.25, -0.2) is 4.98 Å². The fourth-order valence-corrected chi connectivity index (χ4v) is 2.71. The molecular formula is C14H17ClN4O2S. The van der Waals surface area contributed by atoms with Gasteiger partial charge in [-0.15, -0.1) is 0 Å². The van der Waals surface area contributed by atoms with Gasteiger partial charge in [-0.1, -0.05) is 23.4 Å². The summed E-state index contributed by atoms with van der Waals surface area (Å²) in [7, 11) is 0. The predicted octanol–water partition coefficient (Wildman–Crippen LogP) is 2.02. The summed E-state index contributed by atoms with van der Waals surface area (Å²) in [4.78, 5) is 9.92. The first-order chi connectivity index (χ1) is 10.6. The summed E-state index contributed by atoms with van der Waals surface area (Å²) in [6.45, 7) is -0.145. The lowest BCUT2D eigenvalue weighted by atomic mass is 10.2. The van der Waals surface area contributed by atoms with E-state index in [1.54, 1.807) is 18.3 Å². The van der Waals surface area contributed by atoms with Crippen LogP contribution in [-0.4, -0.2) is 39.4 Å². The average molecular weight is 341 g/mol. The molecule has 1 aromatic heterocycles. The van der Waals surface area contributed by atoms with E-state index in [1.165, 1.54) is 11.8 Å².